The van der Waals surface area contributed by atoms with Crippen LogP contribution < -0.4 is 5.32 Å². The number of aliphatic hydroxyl groups excluding tert-OH is 1. The summed E-state index contributed by atoms with van der Waals surface area (Å²) in [7, 11) is 0. The van der Waals surface area contributed by atoms with Gasteiger partial charge in [-0.2, -0.15) is 0 Å². The molecule has 28 heavy (non-hydrogen) atoms. The maximum atomic E-state index is 12.5. The molecule has 2 N–H and O–H groups in total. The number of aliphatic hydroxyl groups is 1. The summed E-state index contributed by atoms with van der Waals surface area (Å²) in [5.41, 5.74) is 1.46. The standard InChI is InChI=1S/C21H23NO6/c23-18(17-9-5-2-6-10-17)19(21-26-12-16(13-27-21)14-28-21)22-20(24)25-11-15-7-3-1-4-8-15/h1-10,16,18-19,23H,11-14H2,(H,22,24)/t16?,18-,19+,21?/m1/s1. The highest BCUT2D eigenvalue weighted by Crippen LogP contribution is 2.37. The van der Waals surface area contributed by atoms with Crippen LogP contribution in [0.3, 0.4) is 0 Å². The quantitative estimate of drug-likeness (QED) is 0.794. The minimum Gasteiger partial charge on any atom is -0.445 e. The van der Waals surface area contributed by atoms with Crippen molar-refractivity contribution in [1.29, 1.82) is 0 Å². The SMILES string of the molecule is O=C(N[C@@H]([C@H](O)c1ccccc1)C12OCC(CO1)CO2)OCc1ccccc1. The van der Waals surface area contributed by atoms with Crippen molar-refractivity contribution in [3.05, 3.63) is 71.8 Å². The minimum atomic E-state index is -1.55. The number of hydrogen-bond donors (Lipinski definition) is 2. The van der Waals surface area contributed by atoms with Gasteiger partial charge < -0.3 is 29.4 Å². The van der Waals surface area contributed by atoms with E-state index in [4.69, 9.17) is 18.9 Å². The summed E-state index contributed by atoms with van der Waals surface area (Å²) in [6.45, 7) is 1.44. The summed E-state index contributed by atoms with van der Waals surface area (Å²) < 4.78 is 22.6. The van der Waals surface area contributed by atoms with E-state index in [9.17, 15) is 9.90 Å². The van der Waals surface area contributed by atoms with Crippen molar-refractivity contribution in [3.63, 3.8) is 0 Å². The fourth-order valence-corrected chi connectivity index (χ4v) is 3.34. The highest BCUT2D eigenvalue weighted by molar-refractivity contribution is 5.68. The maximum Gasteiger partial charge on any atom is 0.408 e. The van der Waals surface area contributed by atoms with E-state index in [0.717, 1.165) is 5.56 Å². The molecule has 1 amide bonds. The van der Waals surface area contributed by atoms with E-state index < -0.39 is 24.2 Å². The van der Waals surface area contributed by atoms with Crippen molar-refractivity contribution in [2.75, 3.05) is 19.8 Å². The van der Waals surface area contributed by atoms with E-state index in [0.29, 0.717) is 25.4 Å². The summed E-state index contributed by atoms with van der Waals surface area (Å²) in [4.78, 5) is 12.5. The first-order valence-corrected chi connectivity index (χ1v) is 9.28. The highest BCUT2D eigenvalue weighted by Gasteiger charge is 2.54. The lowest BCUT2D eigenvalue weighted by Crippen LogP contribution is -2.66. The Labute approximate surface area is 163 Å². The Kier molecular flexibility index (Phi) is 5.59. The largest absolute Gasteiger partial charge is 0.445 e. The van der Waals surface area contributed by atoms with Crippen LogP contribution in [0.25, 0.3) is 0 Å². The van der Waals surface area contributed by atoms with Gasteiger partial charge in [-0.15, -0.1) is 0 Å². The fraction of sp³-hybridized carbons (Fsp3) is 0.381. The molecular formula is C21H23NO6. The third kappa shape index (κ3) is 4.02. The monoisotopic (exact) mass is 385 g/mol. The van der Waals surface area contributed by atoms with Gasteiger partial charge in [-0.25, -0.2) is 4.79 Å². The van der Waals surface area contributed by atoms with Crippen LogP contribution in [0.15, 0.2) is 60.7 Å². The van der Waals surface area contributed by atoms with Crippen molar-refractivity contribution < 1.29 is 28.8 Å². The van der Waals surface area contributed by atoms with Gasteiger partial charge in [0.1, 0.15) is 18.8 Å². The molecule has 148 valence electrons. The molecular weight excluding hydrogens is 362 g/mol. The zero-order valence-corrected chi connectivity index (χ0v) is 15.3. The molecule has 3 saturated heterocycles. The van der Waals surface area contributed by atoms with Gasteiger partial charge in [0, 0.05) is 5.92 Å². The molecule has 3 fully saturated rings. The van der Waals surface area contributed by atoms with E-state index >= 15 is 0 Å². The minimum absolute atomic E-state index is 0.110. The molecule has 5 rings (SSSR count). The molecule has 0 unspecified atom stereocenters. The average molecular weight is 385 g/mol. The van der Waals surface area contributed by atoms with Gasteiger partial charge in [-0.3, -0.25) is 0 Å². The molecule has 3 aliphatic heterocycles. The smallest absolute Gasteiger partial charge is 0.408 e. The third-order valence-corrected chi connectivity index (χ3v) is 4.88. The molecule has 2 aromatic carbocycles. The molecule has 2 bridgehead atoms. The number of hydrogen-bond acceptors (Lipinski definition) is 6. The summed E-state index contributed by atoms with van der Waals surface area (Å²) in [5.74, 6) is -1.39. The number of amides is 1. The lowest BCUT2D eigenvalue weighted by atomic mass is 9.98. The van der Waals surface area contributed by atoms with Crippen LogP contribution in [0.2, 0.25) is 0 Å². The lowest BCUT2D eigenvalue weighted by molar-refractivity contribution is -0.461. The Hall–Kier alpha value is -2.45. The summed E-state index contributed by atoms with van der Waals surface area (Å²) in [5, 5.41) is 13.7. The molecule has 3 aliphatic rings. The van der Waals surface area contributed by atoms with Crippen LogP contribution in [-0.4, -0.2) is 43.0 Å². The molecule has 2 atom stereocenters. The normalized spacial score (nSPS) is 25.7. The van der Waals surface area contributed by atoms with Crippen molar-refractivity contribution in [3.8, 4) is 0 Å². The van der Waals surface area contributed by atoms with E-state index in [2.05, 4.69) is 5.32 Å². The first-order valence-electron chi connectivity index (χ1n) is 9.28. The molecule has 0 spiro atoms. The van der Waals surface area contributed by atoms with Gasteiger partial charge in [-0.05, 0) is 11.1 Å². The van der Waals surface area contributed by atoms with Gasteiger partial charge >= 0.3 is 12.1 Å². The second-order valence-corrected chi connectivity index (χ2v) is 6.94. The van der Waals surface area contributed by atoms with Gasteiger partial charge in [0.05, 0.1) is 19.8 Å². The highest BCUT2D eigenvalue weighted by atomic mass is 16.9. The first kappa shape index (κ1) is 18.9. The number of alkyl carbamates (subject to hydrolysis) is 1. The Balaban J connectivity index is 1.50. The Morgan fingerprint density at radius 1 is 1.04 bits per heavy atom. The molecule has 2 aromatic rings. The zero-order valence-electron chi connectivity index (χ0n) is 15.3. The Morgan fingerprint density at radius 3 is 2.21 bits per heavy atom. The number of rotatable bonds is 6. The lowest BCUT2D eigenvalue weighted by Gasteiger charge is -2.49. The average Bonchev–Trinajstić information content (AvgIpc) is 2.78. The van der Waals surface area contributed by atoms with Crippen LogP contribution >= 0.6 is 0 Å². The van der Waals surface area contributed by atoms with Crippen molar-refractivity contribution >= 4 is 6.09 Å². The number of carbonyl (C=O) groups excluding carboxylic acids is 1. The van der Waals surface area contributed by atoms with Crippen LogP contribution in [0.1, 0.15) is 17.2 Å². The van der Waals surface area contributed by atoms with Gasteiger partial charge in [0.15, 0.2) is 0 Å². The molecule has 7 nitrogen and oxygen atoms in total. The Bertz CT molecular complexity index is 762. The molecule has 7 heteroatoms. The molecule has 3 heterocycles. The van der Waals surface area contributed by atoms with Gasteiger partial charge in [0.2, 0.25) is 0 Å². The topological polar surface area (TPSA) is 86.3 Å². The van der Waals surface area contributed by atoms with Crippen molar-refractivity contribution in [1.82, 2.24) is 5.32 Å². The van der Waals surface area contributed by atoms with Crippen LogP contribution in [0.5, 0.6) is 0 Å². The molecule has 0 aliphatic carbocycles. The van der Waals surface area contributed by atoms with Gasteiger partial charge in [0.25, 0.3) is 0 Å². The summed E-state index contributed by atoms with van der Waals surface area (Å²) in [6, 6.07) is 17.3. The molecule has 0 radical (unpaired) electrons. The van der Waals surface area contributed by atoms with Crippen LogP contribution in [0.4, 0.5) is 4.79 Å². The predicted molar refractivity (Wildman–Crippen MR) is 99.0 cm³/mol. The second-order valence-electron chi connectivity index (χ2n) is 6.94. The second kappa shape index (κ2) is 8.28. The third-order valence-electron chi connectivity index (χ3n) is 4.88. The van der Waals surface area contributed by atoms with Crippen LogP contribution in [-0.2, 0) is 25.6 Å². The molecule has 0 aromatic heterocycles. The van der Waals surface area contributed by atoms with E-state index in [1.165, 1.54) is 0 Å². The van der Waals surface area contributed by atoms with E-state index in [-0.39, 0.29) is 12.5 Å². The first-order chi connectivity index (χ1) is 13.7. The maximum absolute atomic E-state index is 12.5. The summed E-state index contributed by atoms with van der Waals surface area (Å²) >= 11 is 0. The van der Waals surface area contributed by atoms with Crippen molar-refractivity contribution in [2.24, 2.45) is 5.92 Å². The van der Waals surface area contributed by atoms with Crippen LogP contribution in [0, 0.1) is 5.92 Å². The number of nitrogens with one attached hydrogen (secondary N) is 1. The Morgan fingerprint density at radius 2 is 1.61 bits per heavy atom. The number of fused-ring (bicyclic) bond motifs is 3. The number of ether oxygens (including phenoxy) is 4. The zero-order chi connectivity index (χ0) is 19.4. The number of carbonyl (C=O) groups is 1. The summed E-state index contributed by atoms with van der Waals surface area (Å²) in [6.07, 6.45) is -1.80. The fourth-order valence-electron chi connectivity index (χ4n) is 3.34. The molecule has 0 saturated carbocycles. The number of benzene rings is 2. The predicted octanol–water partition coefficient (Wildman–Crippen LogP) is 2.36. The van der Waals surface area contributed by atoms with Crippen molar-refractivity contribution in [2.45, 2.75) is 24.7 Å². The van der Waals surface area contributed by atoms with Gasteiger partial charge in [-0.1, -0.05) is 60.7 Å². The van der Waals surface area contributed by atoms with E-state index in [1.54, 1.807) is 24.3 Å². The van der Waals surface area contributed by atoms with E-state index in [1.807, 2.05) is 36.4 Å².